The fourth-order valence-electron chi connectivity index (χ4n) is 5.09. The normalized spacial score (nSPS) is 19.4. The van der Waals surface area contributed by atoms with Gasteiger partial charge in [-0.15, -0.1) is 0 Å². The van der Waals surface area contributed by atoms with Crippen LogP contribution in [0.2, 0.25) is 0 Å². The Labute approximate surface area is 213 Å². The second-order valence-corrected chi connectivity index (χ2v) is 9.24. The Morgan fingerprint density at radius 3 is 2.41 bits per heavy atom. The molecule has 2 unspecified atom stereocenters. The molecule has 2 N–H and O–H groups in total. The zero-order valence-electron chi connectivity index (χ0n) is 20.0. The predicted molar refractivity (Wildman–Crippen MR) is 134 cm³/mol. The van der Waals surface area contributed by atoms with Crippen molar-refractivity contribution in [2.24, 2.45) is 0 Å². The SMILES string of the molecule is O=C(N[C@@H](Cc1ccc(O)cc1)C(=O)N1CCC2C1C(=O)CN2C(=O)c1ccccc1)c1cccnc1. The van der Waals surface area contributed by atoms with E-state index in [4.69, 9.17) is 0 Å². The molecular weight excluding hydrogens is 472 g/mol. The highest BCUT2D eigenvalue weighted by atomic mass is 16.3. The number of Topliss-reactive ketones (excluding diaryl/α,β-unsaturated/α-hetero) is 1. The van der Waals surface area contributed by atoms with Crippen LogP contribution in [-0.4, -0.2) is 74.6 Å². The summed E-state index contributed by atoms with van der Waals surface area (Å²) in [6.45, 7) is 0.241. The summed E-state index contributed by atoms with van der Waals surface area (Å²) in [7, 11) is 0. The fraction of sp³-hybridized carbons (Fsp3) is 0.250. The van der Waals surface area contributed by atoms with E-state index < -0.39 is 24.0 Å². The average Bonchev–Trinajstić information content (AvgIpc) is 3.51. The van der Waals surface area contributed by atoms with Gasteiger partial charge < -0.3 is 20.2 Å². The fourth-order valence-corrected chi connectivity index (χ4v) is 5.09. The van der Waals surface area contributed by atoms with E-state index in [1.807, 2.05) is 6.07 Å². The molecule has 0 aliphatic carbocycles. The molecule has 3 heterocycles. The van der Waals surface area contributed by atoms with Crippen LogP contribution in [-0.2, 0) is 16.0 Å². The maximum atomic E-state index is 13.8. The quantitative estimate of drug-likeness (QED) is 0.535. The molecule has 1 aromatic heterocycles. The molecule has 9 nitrogen and oxygen atoms in total. The van der Waals surface area contributed by atoms with Gasteiger partial charge in [-0.3, -0.25) is 24.2 Å². The third kappa shape index (κ3) is 4.93. The van der Waals surface area contributed by atoms with Gasteiger partial charge in [0.25, 0.3) is 11.8 Å². The van der Waals surface area contributed by atoms with Gasteiger partial charge in [0.15, 0.2) is 5.78 Å². The number of hydrogen-bond acceptors (Lipinski definition) is 6. The number of likely N-dealkylation sites (tertiary alicyclic amines) is 2. The number of carbonyl (C=O) groups excluding carboxylic acids is 4. The van der Waals surface area contributed by atoms with E-state index in [0.717, 1.165) is 5.56 Å². The number of phenolic OH excluding ortho intramolecular Hbond substituents is 1. The first-order chi connectivity index (χ1) is 17.9. The lowest BCUT2D eigenvalue weighted by molar-refractivity contribution is -0.138. The van der Waals surface area contributed by atoms with Gasteiger partial charge in [-0.05, 0) is 48.4 Å². The number of ketones is 1. The number of pyridine rings is 1. The summed E-state index contributed by atoms with van der Waals surface area (Å²) >= 11 is 0. The first-order valence-electron chi connectivity index (χ1n) is 12.1. The number of rotatable bonds is 6. The number of amides is 3. The summed E-state index contributed by atoms with van der Waals surface area (Å²) in [5, 5.41) is 12.4. The zero-order valence-corrected chi connectivity index (χ0v) is 20.0. The molecule has 3 amide bonds. The Morgan fingerprint density at radius 1 is 0.973 bits per heavy atom. The van der Waals surface area contributed by atoms with Crippen molar-refractivity contribution < 1.29 is 24.3 Å². The molecule has 3 atom stereocenters. The van der Waals surface area contributed by atoms with E-state index in [0.29, 0.717) is 24.1 Å². The van der Waals surface area contributed by atoms with Crippen LogP contribution in [0.4, 0.5) is 0 Å². The van der Waals surface area contributed by atoms with E-state index >= 15 is 0 Å². The van der Waals surface area contributed by atoms with Crippen LogP contribution < -0.4 is 5.32 Å². The summed E-state index contributed by atoms with van der Waals surface area (Å²) in [6.07, 6.45) is 3.61. The molecule has 0 radical (unpaired) electrons. The highest BCUT2D eigenvalue weighted by Crippen LogP contribution is 2.31. The number of carbonyl (C=O) groups is 4. The van der Waals surface area contributed by atoms with Crippen molar-refractivity contribution in [2.45, 2.75) is 31.0 Å². The van der Waals surface area contributed by atoms with Gasteiger partial charge in [0, 0.05) is 30.9 Å². The topological polar surface area (TPSA) is 120 Å². The Hall–Kier alpha value is -4.53. The van der Waals surface area contributed by atoms with E-state index in [1.54, 1.807) is 59.6 Å². The Morgan fingerprint density at radius 2 is 1.70 bits per heavy atom. The van der Waals surface area contributed by atoms with Crippen molar-refractivity contribution in [3.05, 3.63) is 95.8 Å². The standard InChI is InChI=1S/C28H26N4O5/c33-21-10-8-18(9-11-21)15-22(30-26(35)20-7-4-13-29-16-20)28(37)31-14-12-23-25(31)24(34)17-32(23)27(36)19-5-2-1-3-6-19/h1-11,13,16,22-23,25,33H,12,14-15,17H2,(H,30,35)/t22-,23?,25?/m0/s1. The van der Waals surface area contributed by atoms with Crippen molar-refractivity contribution in [2.75, 3.05) is 13.1 Å². The molecule has 2 saturated heterocycles. The molecule has 37 heavy (non-hydrogen) atoms. The van der Waals surface area contributed by atoms with E-state index in [-0.39, 0.29) is 36.3 Å². The molecule has 9 heteroatoms. The van der Waals surface area contributed by atoms with Gasteiger partial charge in [-0.25, -0.2) is 0 Å². The molecule has 0 saturated carbocycles. The number of fused-ring (bicyclic) bond motifs is 1. The van der Waals surface area contributed by atoms with Crippen LogP contribution in [0, 0.1) is 0 Å². The minimum Gasteiger partial charge on any atom is -0.508 e. The van der Waals surface area contributed by atoms with Crippen LogP contribution in [0.5, 0.6) is 5.75 Å². The van der Waals surface area contributed by atoms with Crippen molar-refractivity contribution in [1.29, 1.82) is 0 Å². The maximum absolute atomic E-state index is 13.8. The molecule has 2 aliphatic rings. The van der Waals surface area contributed by atoms with Gasteiger partial charge in [-0.1, -0.05) is 30.3 Å². The van der Waals surface area contributed by atoms with Gasteiger partial charge in [0.05, 0.1) is 18.2 Å². The van der Waals surface area contributed by atoms with Crippen LogP contribution in [0.15, 0.2) is 79.1 Å². The Kier molecular flexibility index (Phi) is 6.68. The molecule has 0 spiro atoms. The smallest absolute Gasteiger partial charge is 0.254 e. The monoisotopic (exact) mass is 498 g/mol. The molecule has 2 aromatic carbocycles. The second-order valence-electron chi connectivity index (χ2n) is 9.24. The molecule has 188 valence electrons. The molecule has 0 bridgehead atoms. The van der Waals surface area contributed by atoms with Gasteiger partial charge >= 0.3 is 0 Å². The molecule has 2 fully saturated rings. The summed E-state index contributed by atoms with van der Waals surface area (Å²) in [5.74, 6) is -1.18. The van der Waals surface area contributed by atoms with Crippen molar-refractivity contribution in [3.63, 3.8) is 0 Å². The molecule has 3 aromatic rings. The molecule has 2 aliphatic heterocycles. The molecule has 5 rings (SSSR count). The first-order valence-corrected chi connectivity index (χ1v) is 12.1. The minimum absolute atomic E-state index is 0.0580. The van der Waals surface area contributed by atoms with Gasteiger partial charge in [0.1, 0.15) is 17.8 Å². The number of aromatic nitrogens is 1. The second kappa shape index (κ2) is 10.2. The average molecular weight is 499 g/mol. The van der Waals surface area contributed by atoms with Crippen molar-refractivity contribution in [1.82, 2.24) is 20.1 Å². The summed E-state index contributed by atoms with van der Waals surface area (Å²) in [5.41, 5.74) is 1.54. The van der Waals surface area contributed by atoms with Crippen LogP contribution in [0.1, 0.15) is 32.7 Å². The van der Waals surface area contributed by atoms with Crippen LogP contribution >= 0.6 is 0 Å². The Bertz CT molecular complexity index is 1310. The number of nitrogens with zero attached hydrogens (tertiary/aromatic N) is 3. The summed E-state index contributed by atoms with van der Waals surface area (Å²) in [4.78, 5) is 59.9. The molecular formula is C28H26N4O5. The number of nitrogens with one attached hydrogen (secondary N) is 1. The number of benzene rings is 2. The number of aromatic hydroxyl groups is 1. The van der Waals surface area contributed by atoms with Crippen LogP contribution in [0.3, 0.4) is 0 Å². The largest absolute Gasteiger partial charge is 0.508 e. The first kappa shape index (κ1) is 24.2. The summed E-state index contributed by atoms with van der Waals surface area (Å²) in [6, 6.07) is 16.3. The third-order valence-electron chi connectivity index (χ3n) is 6.89. The zero-order chi connectivity index (χ0) is 25.9. The van der Waals surface area contributed by atoms with Gasteiger partial charge in [0.2, 0.25) is 5.91 Å². The van der Waals surface area contributed by atoms with Crippen molar-refractivity contribution in [3.8, 4) is 5.75 Å². The maximum Gasteiger partial charge on any atom is 0.254 e. The minimum atomic E-state index is -0.956. The lowest BCUT2D eigenvalue weighted by Gasteiger charge is -2.28. The predicted octanol–water partition coefficient (Wildman–Crippen LogP) is 1.82. The number of hydrogen-bond donors (Lipinski definition) is 2. The van der Waals surface area contributed by atoms with Crippen LogP contribution in [0.25, 0.3) is 0 Å². The number of phenols is 1. The lowest BCUT2D eigenvalue weighted by atomic mass is 10.0. The van der Waals surface area contributed by atoms with E-state index in [2.05, 4.69) is 10.3 Å². The Balaban J connectivity index is 1.38. The van der Waals surface area contributed by atoms with E-state index in [9.17, 15) is 24.3 Å². The third-order valence-corrected chi connectivity index (χ3v) is 6.89. The van der Waals surface area contributed by atoms with Gasteiger partial charge in [-0.2, -0.15) is 0 Å². The van der Waals surface area contributed by atoms with E-state index in [1.165, 1.54) is 23.2 Å². The van der Waals surface area contributed by atoms with Crippen molar-refractivity contribution >= 4 is 23.5 Å². The highest BCUT2D eigenvalue weighted by molar-refractivity contribution is 6.03. The highest BCUT2D eigenvalue weighted by Gasteiger charge is 2.52. The summed E-state index contributed by atoms with van der Waals surface area (Å²) < 4.78 is 0. The lowest BCUT2D eigenvalue weighted by Crippen LogP contribution is -2.53.